The summed E-state index contributed by atoms with van der Waals surface area (Å²) >= 11 is 3.05. The minimum atomic E-state index is 0.748. The third-order valence-electron chi connectivity index (χ3n) is 2.14. The molecule has 0 atom stereocenters. The Morgan fingerprint density at radius 3 is 2.74 bits per heavy atom. The number of rotatable bonds is 5. The van der Waals surface area contributed by atoms with Gasteiger partial charge in [-0.2, -0.15) is 0 Å². The highest BCUT2D eigenvalue weighted by molar-refractivity contribution is 8.01. The monoisotopic (exact) mass is 296 g/mol. The molecule has 0 aromatic carbocycles. The van der Waals surface area contributed by atoms with E-state index in [-0.39, 0.29) is 0 Å². The molecule has 2 rings (SSSR count). The Bertz CT molecular complexity index is 554. The van der Waals surface area contributed by atoms with Gasteiger partial charge in [-0.25, -0.2) is 9.97 Å². The summed E-state index contributed by atoms with van der Waals surface area (Å²) in [7, 11) is 3.90. The molecule has 0 unspecified atom stereocenters. The van der Waals surface area contributed by atoms with E-state index in [2.05, 4.69) is 25.5 Å². The van der Waals surface area contributed by atoms with Crippen LogP contribution in [0.2, 0.25) is 0 Å². The second-order valence-electron chi connectivity index (χ2n) is 4.02. The van der Waals surface area contributed by atoms with Gasteiger partial charge in [0.1, 0.15) is 16.7 Å². The zero-order valence-electron chi connectivity index (χ0n) is 11.3. The van der Waals surface area contributed by atoms with Crippen molar-refractivity contribution in [2.24, 2.45) is 0 Å². The molecule has 6 nitrogen and oxygen atoms in total. The largest absolute Gasteiger partial charge is 0.370 e. The maximum Gasteiger partial charge on any atom is 0.208 e. The van der Waals surface area contributed by atoms with Gasteiger partial charge in [0, 0.05) is 26.7 Å². The first-order valence-electron chi connectivity index (χ1n) is 5.86. The van der Waals surface area contributed by atoms with Crippen LogP contribution >= 0.6 is 23.1 Å². The molecule has 102 valence electrons. The third-order valence-corrected chi connectivity index (χ3v) is 4.20. The Morgan fingerprint density at radius 1 is 1.32 bits per heavy atom. The fourth-order valence-electron chi connectivity index (χ4n) is 1.38. The minimum absolute atomic E-state index is 0.748. The molecule has 0 bridgehead atoms. The van der Waals surface area contributed by atoms with E-state index in [0.717, 1.165) is 32.7 Å². The van der Waals surface area contributed by atoms with Crippen molar-refractivity contribution < 1.29 is 0 Å². The lowest BCUT2D eigenvalue weighted by Gasteiger charge is -2.05. The van der Waals surface area contributed by atoms with Gasteiger partial charge in [0.15, 0.2) is 4.34 Å². The van der Waals surface area contributed by atoms with Crippen LogP contribution in [0, 0.1) is 6.92 Å². The van der Waals surface area contributed by atoms with Crippen LogP contribution in [0.1, 0.15) is 12.7 Å². The number of aromatic nitrogens is 4. The van der Waals surface area contributed by atoms with Gasteiger partial charge in [-0.1, -0.05) is 11.3 Å². The Balaban J connectivity index is 2.17. The van der Waals surface area contributed by atoms with Gasteiger partial charge in [-0.05, 0) is 25.6 Å². The molecule has 0 spiro atoms. The van der Waals surface area contributed by atoms with Crippen molar-refractivity contribution in [2.75, 3.05) is 30.9 Å². The van der Waals surface area contributed by atoms with Crippen molar-refractivity contribution in [2.45, 2.75) is 23.2 Å². The van der Waals surface area contributed by atoms with Crippen molar-refractivity contribution >= 4 is 34.0 Å². The van der Waals surface area contributed by atoms with Crippen LogP contribution in [0.4, 0.5) is 10.9 Å². The topological polar surface area (TPSA) is 66.8 Å². The van der Waals surface area contributed by atoms with Crippen LogP contribution in [-0.2, 0) is 0 Å². The summed E-state index contributed by atoms with van der Waals surface area (Å²) in [4.78, 5) is 10.7. The molecule has 2 aromatic rings. The maximum atomic E-state index is 4.40. The second-order valence-corrected chi connectivity index (χ2v) is 6.24. The summed E-state index contributed by atoms with van der Waals surface area (Å²) < 4.78 is 0.879. The van der Waals surface area contributed by atoms with Crippen molar-refractivity contribution in [1.82, 2.24) is 20.2 Å². The predicted molar refractivity (Wildman–Crippen MR) is 79.3 cm³/mol. The Labute approximate surface area is 120 Å². The molecule has 0 radical (unpaired) electrons. The number of nitrogens with zero attached hydrogens (tertiary/aromatic N) is 5. The lowest BCUT2D eigenvalue weighted by molar-refractivity contribution is 0.949. The maximum absolute atomic E-state index is 4.40. The summed E-state index contributed by atoms with van der Waals surface area (Å²) in [6.45, 7) is 4.76. The molecule has 0 saturated carbocycles. The first kappa shape index (κ1) is 14.0. The third kappa shape index (κ3) is 3.77. The fourth-order valence-corrected chi connectivity index (χ4v) is 3.14. The summed E-state index contributed by atoms with van der Waals surface area (Å²) in [6, 6.07) is 1.93. The minimum Gasteiger partial charge on any atom is -0.370 e. The molecule has 0 saturated heterocycles. The molecule has 19 heavy (non-hydrogen) atoms. The summed E-state index contributed by atoms with van der Waals surface area (Å²) in [5, 5.41) is 13.2. The SMILES string of the molecule is CCNc1cc(Sc2nnc(N(C)C)s2)nc(C)n1. The summed E-state index contributed by atoms with van der Waals surface area (Å²) in [5.74, 6) is 1.59. The first-order chi connectivity index (χ1) is 9.08. The van der Waals surface area contributed by atoms with Crippen molar-refractivity contribution in [3.8, 4) is 0 Å². The van der Waals surface area contributed by atoms with Gasteiger partial charge in [-0.15, -0.1) is 10.2 Å². The molecule has 0 aliphatic carbocycles. The van der Waals surface area contributed by atoms with E-state index in [1.54, 1.807) is 11.3 Å². The van der Waals surface area contributed by atoms with E-state index in [4.69, 9.17) is 0 Å². The average molecular weight is 296 g/mol. The Hall–Kier alpha value is -1.41. The van der Waals surface area contributed by atoms with E-state index in [9.17, 15) is 0 Å². The van der Waals surface area contributed by atoms with Crippen LogP contribution in [0.15, 0.2) is 15.4 Å². The lowest BCUT2D eigenvalue weighted by Crippen LogP contribution is -2.07. The zero-order chi connectivity index (χ0) is 13.8. The highest BCUT2D eigenvalue weighted by atomic mass is 32.2. The van der Waals surface area contributed by atoms with E-state index < -0.39 is 0 Å². The molecular formula is C11H16N6S2. The standard InChI is InChI=1S/C11H16N6S2/c1-5-12-8-6-9(14-7(2)13-8)18-11-16-15-10(19-11)17(3)4/h6H,5H2,1-4H3,(H,12,13,14). The van der Waals surface area contributed by atoms with Crippen molar-refractivity contribution in [3.63, 3.8) is 0 Å². The van der Waals surface area contributed by atoms with Gasteiger partial charge in [0.25, 0.3) is 0 Å². The first-order valence-corrected chi connectivity index (χ1v) is 7.50. The van der Waals surface area contributed by atoms with Crippen LogP contribution in [0.25, 0.3) is 0 Å². The van der Waals surface area contributed by atoms with Crippen LogP contribution < -0.4 is 10.2 Å². The molecule has 1 N–H and O–H groups in total. The van der Waals surface area contributed by atoms with E-state index in [1.807, 2.05) is 38.9 Å². The van der Waals surface area contributed by atoms with Gasteiger partial charge in [0.05, 0.1) is 0 Å². The van der Waals surface area contributed by atoms with Crippen LogP contribution in [0.3, 0.4) is 0 Å². The summed E-state index contributed by atoms with van der Waals surface area (Å²) in [5.41, 5.74) is 0. The quantitative estimate of drug-likeness (QED) is 0.849. The van der Waals surface area contributed by atoms with Gasteiger partial charge in [-0.3, -0.25) is 0 Å². The Kier molecular flexibility index (Phi) is 4.54. The molecule has 0 fully saturated rings. The van der Waals surface area contributed by atoms with Crippen molar-refractivity contribution in [3.05, 3.63) is 11.9 Å². The number of hydrogen-bond donors (Lipinski definition) is 1. The van der Waals surface area contributed by atoms with E-state index in [0.29, 0.717) is 0 Å². The number of hydrogen-bond acceptors (Lipinski definition) is 8. The fraction of sp³-hybridized carbons (Fsp3) is 0.455. The normalized spacial score (nSPS) is 10.5. The lowest BCUT2D eigenvalue weighted by atomic mass is 10.5. The molecule has 0 aliphatic heterocycles. The molecule has 0 amide bonds. The van der Waals surface area contributed by atoms with Crippen LogP contribution in [-0.4, -0.2) is 40.8 Å². The second kappa shape index (κ2) is 6.16. The number of aryl methyl sites for hydroxylation is 1. The van der Waals surface area contributed by atoms with Gasteiger partial charge < -0.3 is 10.2 Å². The smallest absolute Gasteiger partial charge is 0.208 e. The van der Waals surface area contributed by atoms with Crippen molar-refractivity contribution in [1.29, 1.82) is 0 Å². The predicted octanol–water partition coefficient (Wildman–Crippen LogP) is 2.29. The van der Waals surface area contributed by atoms with E-state index in [1.165, 1.54) is 11.8 Å². The van der Waals surface area contributed by atoms with Gasteiger partial charge >= 0.3 is 0 Å². The highest BCUT2D eigenvalue weighted by Crippen LogP contribution is 2.32. The average Bonchev–Trinajstić information content (AvgIpc) is 2.77. The number of nitrogens with one attached hydrogen (secondary N) is 1. The molecule has 8 heteroatoms. The summed E-state index contributed by atoms with van der Waals surface area (Å²) in [6.07, 6.45) is 0. The van der Waals surface area contributed by atoms with Crippen LogP contribution in [0.5, 0.6) is 0 Å². The van der Waals surface area contributed by atoms with Gasteiger partial charge in [0.2, 0.25) is 5.13 Å². The number of anilines is 2. The molecular weight excluding hydrogens is 280 g/mol. The van der Waals surface area contributed by atoms with E-state index >= 15 is 0 Å². The zero-order valence-corrected chi connectivity index (χ0v) is 13.0. The molecule has 2 aromatic heterocycles. The molecule has 2 heterocycles. The Morgan fingerprint density at radius 2 is 2.11 bits per heavy atom. The highest BCUT2D eigenvalue weighted by Gasteiger charge is 2.09. The molecule has 0 aliphatic rings.